The summed E-state index contributed by atoms with van der Waals surface area (Å²) < 4.78 is 70.3. The van der Waals surface area contributed by atoms with E-state index in [2.05, 4.69) is 24.1 Å². The second kappa shape index (κ2) is 12.9. The van der Waals surface area contributed by atoms with Crippen molar-refractivity contribution in [2.45, 2.75) is 32.5 Å². The van der Waals surface area contributed by atoms with Crippen LogP contribution in [0.25, 0.3) is 61.0 Å². The van der Waals surface area contributed by atoms with Crippen molar-refractivity contribution in [2.75, 3.05) is 37.9 Å². The molecular weight excluding hydrogens is 703 g/mol. The Morgan fingerprint density at radius 1 is 0.962 bits per heavy atom. The molecule has 1 amide bonds. The van der Waals surface area contributed by atoms with Gasteiger partial charge >= 0.3 is 0 Å². The number of amides is 1. The number of anilines is 1. The van der Waals surface area contributed by atoms with Crippen LogP contribution in [0.1, 0.15) is 30.0 Å². The highest BCUT2D eigenvalue weighted by atomic mass is 32.2. The Kier molecular flexibility index (Phi) is 8.43. The molecule has 3 aromatic carbocycles. The molecule has 1 fully saturated rings. The van der Waals surface area contributed by atoms with Gasteiger partial charge in [0.1, 0.15) is 34.3 Å². The van der Waals surface area contributed by atoms with E-state index >= 15 is 4.39 Å². The molecule has 0 spiro atoms. The summed E-state index contributed by atoms with van der Waals surface area (Å²) in [6.45, 7) is 5.88. The SMILES string of the molecule is CNC(=O)c1c(-c2ccc(F)cc2)oc2cc(N(C)S(C)(=O)=O)c(-c3ccc4nc(CN5[C@H](C)COC[C@@H]5C)n5c6cccc(F)c6cc5c4n3)cc12. The fourth-order valence-corrected chi connectivity index (χ4v) is 7.77. The number of nitrogens with one attached hydrogen (secondary N) is 1. The number of morpholine rings is 1. The van der Waals surface area contributed by atoms with Crippen molar-refractivity contribution in [3.8, 4) is 22.6 Å². The summed E-state index contributed by atoms with van der Waals surface area (Å²) in [6, 6.07) is 19.3. The lowest BCUT2D eigenvalue weighted by atomic mass is 10.0. The van der Waals surface area contributed by atoms with E-state index < -0.39 is 21.7 Å². The Morgan fingerprint density at radius 3 is 2.40 bits per heavy atom. The minimum atomic E-state index is -3.79. The van der Waals surface area contributed by atoms with Gasteiger partial charge in [-0.15, -0.1) is 0 Å². The molecule has 5 heterocycles. The number of aromatic nitrogens is 3. The Labute approximate surface area is 303 Å². The van der Waals surface area contributed by atoms with E-state index in [9.17, 15) is 17.6 Å². The van der Waals surface area contributed by atoms with Crippen molar-refractivity contribution in [1.82, 2.24) is 24.6 Å². The monoisotopic (exact) mass is 738 g/mol. The lowest BCUT2D eigenvalue weighted by Gasteiger charge is -2.38. The first kappa shape index (κ1) is 34.6. The molecular formula is C39H36F2N6O5S. The van der Waals surface area contributed by atoms with E-state index in [4.69, 9.17) is 19.1 Å². The fourth-order valence-electron chi connectivity index (χ4n) is 7.26. The summed E-state index contributed by atoms with van der Waals surface area (Å²) >= 11 is 0. The summed E-state index contributed by atoms with van der Waals surface area (Å²) in [6.07, 6.45) is 1.09. The molecule has 4 aromatic heterocycles. The van der Waals surface area contributed by atoms with Crippen molar-refractivity contribution in [1.29, 1.82) is 0 Å². The number of pyridine rings is 1. The number of sulfonamides is 1. The Hall–Kier alpha value is -5.44. The van der Waals surface area contributed by atoms with Gasteiger partial charge in [-0.1, -0.05) is 6.07 Å². The molecule has 11 nitrogen and oxygen atoms in total. The number of fused-ring (bicyclic) bond motifs is 6. The summed E-state index contributed by atoms with van der Waals surface area (Å²) in [4.78, 5) is 25.9. The number of furan rings is 1. The zero-order valence-electron chi connectivity index (χ0n) is 29.6. The number of rotatable bonds is 7. The fraction of sp³-hybridized carbons (Fsp3) is 0.256. The number of ether oxygens (including phenoxy) is 1. The molecule has 0 aliphatic carbocycles. The Balaban J connectivity index is 1.39. The first-order valence-corrected chi connectivity index (χ1v) is 18.9. The van der Waals surface area contributed by atoms with E-state index in [1.165, 1.54) is 44.4 Å². The minimum absolute atomic E-state index is 0.136. The number of benzene rings is 3. The first-order chi connectivity index (χ1) is 25.3. The number of nitrogens with zero attached hydrogens (tertiary/aromatic N) is 5. The number of carbonyl (C=O) groups excluding carboxylic acids is 1. The van der Waals surface area contributed by atoms with E-state index in [-0.39, 0.29) is 40.5 Å². The highest BCUT2D eigenvalue weighted by molar-refractivity contribution is 7.92. The second-order valence-corrected chi connectivity index (χ2v) is 15.5. The van der Waals surface area contributed by atoms with Gasteiger partial charge in [0.2, 0.25) is 10.0 Å². The molecule has 0 radical (unpaired) electrons. The van der Waals surface area contributed by atoms with E-state index in [1.807, 2.05) is 16.5 Å². The normalized spacial score (nSPS) is 17.0. The van der Waals surface area contributed by atoms with Gasteiger partial charge in [0.25, 0.3) is 5.91 Å². The van der Waals surface area contributed by atoms with Gasteiger partial charge in [0, 0.05) is 54.1 Å². The predicted molar refractivity (Wildman–Crippen MR) is 200 cm³/mol. The minimum Gasteiger partial charge on any atom is -0.455 e. The smallest absolute Gasteiger partial charge is 0.255 e. The van der Waals surface area contributed by atoms with Crippen LogP contribution in [-0.4, -0.2) is 79.2 Å². The summed E-state index contributed by atoms with van der Waals surface area (Å²) in [5.74, 6) is -0.374. The number of halogens is 2. The van der Waals surface area contributed by atoms with E-state index in [0.29, 0.717) is 75.2 Å². The molecule has 7 aromatic rings. The third-order valence-electron chi connectivity index (χ3n) is 10.1. The van der Waals surface area contributed by atoms with Crippen LogP contribution in [0, 0.1) is 11.6 Å². The molecule has 2 atom stereocenters. The number of hydrogen-bond donors (Lipinski definition) is 1. The second-order valence-electron chi connectivity index (χ2n) is 13.5. The number of hydrogen-bond acceptors (Lipinski definition) is 8. The van der Waals surface area contributed by atoms with Gasteiger partial charge in [0.15, 0.2) is 0 Å². The molecule has 14 heteroatoms. The molecule has 1 aliphatic rings. The lowest BCUT2D eigenvalue weighted by Crippen LogP contribution is -2.49. The average Bonchev–Trinajstić information content (AvgIpc) is 3.72. The topological polar surface area (TPSA) is 122 Å². The summed E-state index contributed by atoms with van der Waals surface area (Å²) in [5.41, 5.74) is 4.24. The van der Waals surface area contributed by atoms with E-state index in [0.717, 1.165) is 10.6 Å². The Bertz CT molecular complexity index is 2700. The Morgan fingerprint density at radius 2 is 1.70 bits per heavy atom. The zero-order valence-corrected chi connectivity index (χ0v) is 30.5. The van der Waals surface area contributed by atoms with Gasteiger partial charge in [-0.2, -0.15) is 0 Å². The van der Waals surface area contributed by atoms with Crippen LogP contribution in [0.15, 0.2) is 77.2 Å². The molecule has 1 aliphatic heterocycles. The molecule has 53 heavy (non-hydrogen) atoms. The third-order valence-corrected chi connectivity index (χ3v) is 11.3. The summed E-state index contributed by atoms with van der Waals surface area (Å²) in [5, 5.41) is 3.47. The van der Waals surface area contributed by atoms with Crippen LogP contribution in [0.4, 0.5) is 14.5 Å². The van der Waals surface area contributed by atoms with Gasteiger partial charge in [0.05, 0.1) is 59.5 Å². The van der Waals surface area contributed by atoms with E-state index in [1.54, 1.807) is 30.3 Å². The predicted octanol–water partition coefficient (Wildman–Crippen LogP) is 6.76. The third kappa shape index (κ3) is 5.86. The molecule has 1 N–H and O–H groups in total. The molecule has 0 saturated carbocycles. The maximum absolute atomic E-state index is 15.4. The maximum atomic E-state index is 15.4. The molecule has 8 rings (SSSR count). The van der Waals surface area contributed by atoms with Crippen LogP contribution in [-0.2, 0) is 21.3 Å². The van der Waals surface area contributed by atoms with Gasteiger partial charge in [-0.3, -0.25) is 18.4 Å². The highest BCUT2D eigenvalue weighted by Gasteiger charge is 2.29. The molecule has 0 unspecified atom stereocenters. The first-order valence-electron chi connectivity index (χ1n) is 17.1. The van der Waals surface area contributed by atoms with Crippen LogP contribution in [0.3, 0.4) is 0 Å². The quantitative estimate of drug-likeness (QED) is 0.191. The van der Waals surface area contributed by atoms with Crippen LogP contribution in [0.2, 0.25) is 0 Å². The average molecular weight is 739 g/mol. The molecule has 1 saturated heterocycles. The highest BCUT2D eigenvalue weighted by Crippen LogP contribution is 2.42. The standard InChI is InChI=1S/C39H36F2N6O5S/c1-21-19-51-20-22(2)46(21)18-35-43-30-14-13-29(44-37(30)33-16-25-28(41)7-6-8-31(25)47(33)35)26-15-27-34(17-32(26)45(4)53(5,49)50)52-38(36(27)39(48)42-3)23-9-11-24(40)12-10-23/h6-17,21-22H,18-20H2,1-5H3,(H,42,48)/t21-,22+. The van der Waals surface area contributed by atoms with Crippen LogP contribution >= 0.6 is 0 Å². The lowest BCUT2D eigenvalue weighted by molar-refractivity contribution is -0.0421. The van der Waals surface area contributed by atoms with Crippen LogP contribution < -0.4 is 9.62 Å². The number of carbonyl (C=O) groups is 1. The summed E-state index contributed by atoms with van der Waals surface area (Å²) in [7, 11) is -0.879. The largest absolute Gasteiger partial charge is 0.455 e. The van der Waals surface area contributed by atoms with Crippen molar-refractivity contribution in [3.05, 3.63) is 95.8 Å². The van der Waals surface area contributed by atoms with Gasteiger partial charge in [-0.05, 0) is 74.5 Å². The molecule has 0 bridgehead atoms. The van der Waals surface area contributed by atoms with Gasteiger partial charge < -0.3 is 14.5 Å². The van der Waals surface area contributed by atoms with Crippen molar-refractivity contribution >= 4 is 60.0 Å². The maximum Gasteiger partial charge on any atom is 0.255 e. The molecule has 272 valence electrons. The van der Waals surface area contributed by atoms with Crippen molar-refractivity contribution in [3.63, 3.8) is 0 Å². The zero-order chi connectivity index (χ0) is 37.3. The van der Waals surface area contributed by atoms with Crippen molar-refractivity contribution < 1.29 is 31.1 Å². The van der Waals surface area contributed by atoms with Crippen molar-refractivity contribution in [2.24, 2.45) is 0 Å². The van der Waals surface area contributed by atoms with Crippen LogP contribution in [0.5, 0.6) is 0 Å². The van der Waals surface area contributed by atoms with Gasteiger partial charge in [-0.25, -0.2) is 27.2 Å².